The van der Waals surface area contributed by atoms with Crippen LogP contribution in [0.2, 0.25) is 0 Å². The predicted octanol–water partition coefficient (Wildman–Crippen LogP) is 2.51. The standard InChI is InChI=1S/C15H32N2O/c1-4-10-18-11-6-9-17-8-5-7-16-15(13-17)12-14(2)3/h14-16H,4-13H2,1-3H3. The van der Waals surface area contributed by atoms with Gasteiger partial charge in [-0.05, 0) is 44.7 Å². The van der Waals surface area contributed by atoms with Crippen LogP contribution in [-0.4, -0.2) is 50.3 Å². The summed E-state index contributed by atoms with van der Waals surface area (Å²) >= 11 is 0. The van der Waals surface area contributed by atoms with Crippen molar-refractivity contribution in [2.75, 3.05) is 39.4 Å². The van der Waals surface area contributed by atoms with E-state index in [0.717, 1.165) is 25.6 Å². The second-order valence-corrected chi connectivity index (χ2v) is 5.90. The lowest BCUT2D eigenvalue weighted by Crippen LogP contribution is -2.39. The van der Waals surface area contributed by atoms with Gasteiger partial charge in [-0.25, -0.2) is 0 Å². The van der Waals surface area contributed by atoms with Gasteiger partial charge in [0.2, 0.25) is 0 Å². The van der Waals surface area contributed by atoms with Crippen molar-refractivity contribution < 1.29 is 4.74 Å². The predicted molar refractivity (Wildman–Crippen MR) is 78.0 cm³/mol. The molecular weight excluding hydrogens is 224 g/mol. The molecule has 0 radical (unpaired) electrons. The van der Waals surface area contributed by atoms with Crippen molar-refractivity contribution in [3.05, 3.63) is 0 Å². The topological polar surface area (TPSA) is 24.5 Å². The number of hydrogen-bond donors (Lipinski definition) is 1. The first-order valence-corrected chi connectivity index (χ1v) is 7.75. The molecule has 1 fully saturated rings. The van der Waals surface area contributed by atoms with Crippen LogP contribution < -0.4 is 5.32 Å². The quantitative estimate of drug-likeness (QED) is 0.675. The van der Waals surface area contributed by atoms with Crippen LogP contribution in [0.15, 0.2) is 0 Å². The maximum absolute atomic E-state index is 5.55. The van der Waals surface area contributed by atoms with Crippen LogP contribution in [0.4, 0.5) is 0 Å². The van der Waals surface area contributed by atoms with Crippen LogP contribution in [0.25, 0.3) is 0 Å². The molecule has 3 nitrogen and oxygen atoms in total. The Morgan fingerprint density at radius 1 is 1.33 bits per heavy atom. The molecule has 1 rings (SSSR count). The Bertz CT molecular complexity index is 197. The third kappa shape index (κ3) is 7.34. The Kier molecular flexibility index (Phi) is 8.64. The average molecular weight is 256 g/mol. The van der Waals surface area contributed by atoms with Crippen molar-refractivity contribution in [1.29, 1.82) is 0 Å². The van der Waals surface area contributed by atoms with Crippen LogP contribution in [0.3, 0.4) is 0 Å². The van der Waals surface area contributed by atoms with Gasteiger partial charge in [0.05, 0.1) is 0 Å². The highest BCUT2D eigenvalue weighted by molar-refractivity contribution is 4.77. The summed E-state index contributed by atoms with van der Waals surface area (Å²) < 4.78 is 5.55. The Hall–Kier alpha value is -0.120. The number of ether oxygens (including phenoxy) is 1. The van der Waals surface area contributed by atoms with Crippen LogP contribution >= 0.6 is 0 Å². The van der Waals surface area contributed by atoms with Gasteiger partial charge < -0.3 is 15.0 Å². The third-order valence-corrected chi connectivity index (χ3v) is 3.43. The van der Waals surface area contributed by atoms with E-state index in [9.17, 15) is 0 Å². The van der Waals surface area contributed by atoms with Gasteiger partial charge >= 0.3 is 0 Å². The molecular formula is C15H32N2O. The van der Waals surface area contributed by atoms with Gasteiger partial charge in [-0.2, -0.15) is 0 Å². The number of rotatable bonds is 8. The maximum Gasteiger partial charge on any atom is 0.0478 e. The fourth-order valence-electron chi connectivity index (χ4n) is 2.64. The lowest BCUT2D eigenvalue weighted by atomic mass is 10.0. The average Bonchev–Trinajstić information content (AvgIpc) is 2.53. The Balaban J connectivity index is 2.17. The van der Waals surface area contributed by atoms with E-state index in [1.165, 1.54) is 45.4 Å². The van der Waals surface area contributed by atoms with Crippen LogP contribution in [0, 0.1) is 5.92 Å². The SMILES string of the molecule is CCCOCCCN1CCCNC(CC(C)C)C1. The van der Waals surface area contributed by atoms with Gasteiger partial charge in [-0.3, -0.25) is 0 Å². The van der Waals surface area contributed by atoms with Crippen molar-refractivity contribution in [2.24, 2.45) is 5.92 Å². The van der Waals surface area contributed by atoms with Gasteiger partial charge in [-0.1, -0.05) is 20.8 Å². The molecule has 0 aromatic carbocycles. The summed E-state index contributed by atoms with van der Waals surface area (Å²) in [7, 11) is 0. The lowest BCUT2D eigenvalue weighted by molar-refractivity contribution is 0.120. The van der Waals surface area contributed by atoms with Gasteiger partial charge in [0.15, 0.2) is 0 Å². The number of hydrogen-bond acceptors (Lipinski definition) is 3. The molecule has 1 atom stereocenters. The Morgan fingerprint density at radius 3 is 2.89 bits per heavy atom. The molecule has 1 aliphatic rings. The van der Waals surface area contributed by atoms with Crippen LogP contribution in [0.5, 0.6) is 0 Å². The van der Waals surface area contributed by atoms with Gasteiger partial charge in [0, 0.05) is 32.3 Å². The molecule has 0 amide bonds. The molecule has 1 heterocycles. The fraction of sp³-hybridized carbons (Fsp3) is 1.00. The van der Waals surface area contributed by atoms with Crippen molar-refractivity contribution in [3.8, 4) is 0 Å². The normalized spacial score (nSPS) is 22.3. The first-order chi connectivity index (χ1) is 8.72. The van der Waals surface area contributed by atoms with Crippen molar-refractivity contribution in [1.82, 2.24) is 10.2 Å². The highest BCUT2D eigenvalue weighted by Crippen LogP contribution is 2.10. The lowest BCUT2D eigenvalue weighted by Gasteiger charge is -2.25. The zero-order valence-electron chi connectivity index (χ0n) is 12.6. The third-order valence-electron chi connectivity index (χ3n) is 3.43. The highest BCUT2D eigenvalue weighted by atomic mass is 16.5. The van der Waals surface area contributed by atoms with E-state index >= 15 is 0 Å². The second-order valence-electron chi connectivity index (χ2n) is 5.90. The first-order valence-electron chi connectivity index (χ1n) is 7.75. The van der Waals surface area contributed by atoms with Crippen molar-refractivity contribution >= 4 is 0 Å². The van der Waals surface area contributed by atoms with Gasteiger partial charge in [0.25, 0.3) is 0 Å². The summed E-state index contributed by atoms with van der Waals surface area (Å²) in [5.41, 5.74) is 0. The van der Waals surface area contributed by atoms with Crippen molar-refractivity contribution in [3.63, 3.8) is 0 Å². The van der Waals surface area contributed by atoms with Crippen molar-refractivity contribution in [2.45, 2.75) is 52.5 Å². The van der Waals surface area contributed by atoms with E-state index < -0.39 is 0 Å². The summed E-state index contributed by atoms with van der Waals surface area (Å²) in [4.78, 5) is 2.61. The second kappa shape index (κ2) is 9.76. The minimum absolute atomic E-state index is 0.684. The maximum atomic E-state index is 5.55. The largest absolute Gasteiger partial charge is 0.381 e. The summed E-state index contributed by atoms with van der Waals surface area (Å²) in [6.07, 6.45) is 4.88. The molecule has 0 aromatic rings. The summed E-state index contributed by atoms with van der Waals surface area (Å²) in [6, 6.07) is 0.684. The summed E-state index contributed by atoms with van der Waals surface area (Å²) in [6.45, 7) is 13.5. The molecule has 3 heteroatoms. The van der Waals surface area contributed by atoms with E-state index in [4.69, 9.17) is 4.74 Å². The van der Waals surface area contributed by atoms with Crippen LogP contribution in [0.1, 0.15) is 46.5 Å². The smallest absolute Gasteiger partial charge is 0.0478 e. The highest BCUT2D eigenvalue weighted by Gasteiger charge is 2.17. The molecule has 0 spiro atoms. The van der Waals surface area contributed by atoms with Gasteiger partial charge in [-0.15, -0.1) is 0 Å². The minimum Gasteiger partial charge on any atom is -0.381 e. The van der Waals surface area contributed by atoms with E-state index in [0.29, 0.717) is 6.04 Å². The Labute approximate surface area is 113 Å². The van der Waals surface area contributed by atoms with E-state index in [2.05, 4.69) is 31.0 Å². The number of nitrogens with zero attached hydrogens (tertiary/aromatic N) is 1. The number of nitrogens with one attached hydrogen (secondary N) is 1. The summed E-state index contributed by atoms with van der Waals surface area (Å²) in [5.74, 6) is 0.787. The van der Waals surface area contributed by atoms with Gasteiger partial charge in [0.1, 0.15) is 0 Å². The molecule has 1 unspecified atom stereocenters. The van der Waals surface area contributed by atoms with E-state index in [1.54, 1.807) is 0 Å². The van der Waals surface area contributed by atoms with E-state index in [-0.39, 0.29) is 0 Å². The monoisotopic (exact) mass is 256 g/mol. The zero-order valence-corrected chi connectivity index (χ0v) is 12.6. The molecule has 0 aromatic heterocycles. The summed E-state index contributed by atoms with van der Waals surface area (Å²) in [5, 5.41) is 3.68. The molecule has 108 valence electrons. The van der Waals surface area contributed by atoms with E-state index in [1.807, 2.05) is 0 Å². The Morgan fingerprint density at radius 2 is 2.17 bits per heavy atom. The zero-order chi connectivity index (χ0) is 13.2. The molecule has 18 heavy (non-hydrogen) atoms. The minimum atomic E-state index is 0.684. The molecule has 1 saturated heterocycles. The molecule has 0 saturated carbocycles. The fourth-order valence-corrected chi connectivity index (χ4v) is 2.64. The molecule has 0 aliphatic carbocycles. The first kappa shape index (κ1) is 15.9. The molecule has 1 N–H and O–H groups in total. The molecule has 0 bridgehead atoms. The molecule has 1 aliphatic heterocycles. The van der Waals surface area contributed by atoms with Crippen LogP contribution in [-0.2, 0) is 4.74 Å².